The van der Waals surface area contributed by atoms with E-state index in [4.69, 9.17) is 12.2 Å². The van der Waals surface area contributed by atoms with Gasteiger partial charge >= 0.3 is 0 Å². The second kappa shape index (κ2) is 4.58. The third-order valence-electron chi connectivity index (χ3n) is 0.728. The zero-order valence-corrected chi connectivity index (χ0v) is 10.1. The van der Waals surface area contributed by atoms with Crippen LogP contribution in [0.1, 0.15) is 20.8 Å². The molecular formula is C7H15NS3. The van der Waals surface area contributed by atoms with E-state index in [1.165, 1.54) is 0 Å². The summed E-state index contributed by atoms with van der Waals surface area (Å²) >= 11 is 5.11. The first-order chi connectivity index (χ1) is 4.83. The van der Waals surface area contributed by atoms with Gasteiger partial charge in [0.2, 0.25) is 0 Å². The summed E-state index contributed by atoms with van der Waals surface area (Å²) in [5.74, 6) is 0. The Morgan fingerprint density at radius 2 is 1.73 bits per heavy atom. The molecule has 0 bridgehead atoms. The van der Waals surface area contributed by atoms with E-state index in [0.717, 1.165) is 4.32 Å². The van der Waals surface area contributed by atoms with Crippen LogP contribution in [0.2, 0.25) is 0 Å². The number of hydrogen-bond donors (Lipinski definition) is 0. The van der Waals surface area contributed by atoms with Crippen molar-refractivity contribution in [3.05, 3.63) is 0 Å². The maximum atomic E-state index is 5.11. The molecule has 0 fully saturated rings. The average Bonchev–Trinajstić information content (AvgIpc) is 1.80. The van der Waals surface area contributed by atoms with Crippen molar-refractivity contribution < 1.29 is 0 Å². The van der Waals surface area contributed by atoms with Gasteiger partial charge in [-0.2, -0.15) is 0 Å². The first-order valence-electron chi connectivity index (χ1n) is 3.40. The van der Waals surface area contributed by atoms with E-state index in [1.807, 2.05) is 19.0 Å². The molecule has 0 aromatic rings. The van der Waals surface area contributed by atoms with Gasteiger partial charge in [0.15, 0.2) is 0 Å². The molecule has 1 nitrogen and oxygen atoms in total. The van der Waals surface area contributed by atoms with Crippen LogP contribution >= 0.6 is 33.8 Å². The molecule has 0 amide bonds. The lowest BCUT2D eigenvalue weighted by Gasteiger charge is -2.19. The summed E-state index contributed by atoms with van der Waals surface area (Å²) in [5, 5.41) is 0. The highest BCUT2D eigenvalue weighted by Gasteiger charge is 2.13. The van der Waals surface area contributed by atoms with Crippen molar-refractivity contribution in [3.63, 3.8) is 0 Å². The van der Waals surface area contributed by atoms with Crippen molar-refractivity contribution in [1.82, 2.24) is 4.90 Å². The molecule has 0 saturated carbocycles. The van der Waals surface area contributed by atoms with E-state index in [1.54, 1.807) is 21.6 Å². The molecule has 0 aromatic heterocycles. The van der Waals surface area contributed by atoms with E-state index in [-0.39, 0.29) is 4.75 Å². The Morgan fingerprint density at radius 3 is 2.00 bits per heavy atom. The van der Waals surface area contributed by atoms with Crippen LogP contribution in [0.25, 0.3) is 0 Å². The van der Waals surface area contributed by atoms with Crippen molar-refractivity contribution in [2.75, 3.05) is 14.1 Å². The van der Waals surface area contributed by atoms with Crippen molar-refractivity contribution in [2.24, 2.45) is 0 Å². The highest BCUT2D eigenvalue weighted by atomic mass is 33.1. The molecule has 0 aliphatic heterocycles. The molecule has 0 rings (SSSR count). The Kier molecular flexibility index (Phi) is 4.82. The van der Waals surface area contributed by atoms with Crippen molar-refractivity contribution in [1.29, 1.82) is 0 Å². The fourth-order valence-electron chi connectivity index (χ4n) is 0.235. The fourth-order valence-corrected chi connectivity index (χ4v) is 2.42. The SMILES string of the molecule is CN(C)C(=S)SSC(C)(C)C. The van der Waals surface area contributed by atoms with E-state index in [9.17, 15) is 0 Å². The summed E-state index contributed by atoms with van der Waals surface area (Å²) in [7, 11) is 7.41. The predicted molar refractivity (Wildman–Crippen MR) is 61.2 cm³/mol. The van der Waals surface area contributed by atoms with Gasteiger partial charge in [0.1, 0.15) is 4.32 Å². The maximum absolute atomic E-state index is 5.11. The predicted octanol–water partition coefficient (Wildman–Crippen LogP) is 3.01. The monoisotopic (exact) mass is 209 g/mol. The quantitative estimate of drug-likeness (QED) is 0.482. The second-order valence-electron chi connectivity index (χ2n) is 3.44. The van der Waals surface area contributed by atoms with E-state index < -0.39 is 0 Å². The summed E-state index contributed by atoms with van der Waals surface area (Å²) in [6.45, 7) is 6.55. The molecule has 0 heterocycles. The normalized spacial score (nSPS) is 11.4. The van der Waals surface area contributed by atoms with Gasteiger partial charge < -0.3 is 4.90 Å². The van der Waals surface area contributed by atoms with Gasteiger partial charge in [0.05, 0.1) is 0 Å². The Labute approximate surface area is 82.7 Å². The van der Waals surface area contributed by atoms with Gasteiger partial charge in [-0.25, -0.2) is 0 Å². The lowest BCUT2D eigenvalue weighted by Crippen LogP contribution is -2.16. The zero-order chi connectivity index (χ0) is 9.07. The van der Waals surface area contributed by atoms with E-state index in [0.29, 0.717) is 0 Å². The molecule has 0 aromatic carbocycles. The largest absolute Gasteiger partial charge is 0.363 e. The Morgan fingerprint density at radius 1 is 1.27 bits per heavy atom. The Hall–Kier alpha value is 0.590. The maximum Gasteiger partial charge on any atom is 0.146 e. The number of thiocarbonyl (C=S) groups is 1. The number of hydrogen-bond acceptors (Lipinski definition) is 3. The van der Waals surface area contributed by atoms with Crippen LogP contribution in [-0.2, 0) is 0 Å². The van der Waals surface area contributed by atoms with Crippen LogP contribution in [0.5, 0.6) is 0 Å². The van der Waals surface area contributed by atoms with Crippen molar-refractivity contribution >= 4 is 38.1 Å². The molecule has 0 saturated heterocycles. The van der Waals surface area contributed by atoms with Gasteiger partial charge in [-0.3, -0.25) is 0 Å². The molecule has 11 heavy (non-hydrogen) atoms. The van der Waals surface area contributed by atoms with Crippen LogP contribution < -0.4 is 0 Å². The third-order valence-corrected chi connectivity index (χ3v) is 4.97. The van der Waals surface area contributed by atoms with Crippen LogP contribution in [0.15, 0.2) is 0 Å². The standard InChI is InChI=1S/C7H15NS3/c1-7(2,3)11-10-6(9)8(4)5/h1-5H3. The molecule has 0 spiro atoms. The Bertz CT molecular complexity index is 137. The first-order valence-corrected chi connectivity index (χ1v) is 5.96. The van der Waals surface area contributed by atoms with Crippen LogP contribution in [0, 0.1) is 0 Å². The van der Waals surface area contributed by atoms with Gasteiger partial charge in [-0.1, -0.05) is 43.8 Å². The third kappa shape index (κ3) is 6.97. The molecule has 66 valence electrons. The smallest absolute Gasteiger partial charge is 0.146 e. The molecule has 0 aliphatic rings. The summed E-state index contributed by atoms with van der Waals surface area (Å²) in [6, 6.07) is 0. The summed E-state index contributed by atoms with van der Waals surface area (Å²) in [5.41, 5.74) is 0. The molecule has 4 heteroatoms. The highest BCUT2D eigenvalue weighted by Crippen LogP contribution is 2.36. The Balaban J connectivity index is 3.64. The lowest BCUT2D eigenvalue weighted by molar-refractivity contribution is 0.648. The van der Waals surface area contributed by atoms with Gasteiger partial charge in [0.25, 0.3) is 0 Å². The van der Waals surface area contributed by atoms with Crippen LogP contribution in [0.4, 0.5) is 0 Å². The topological polar surface area (TPSA) is 3.24 Å². The molecule has 0 radical (unpaired) electrons. The molecule has 0 atom stereocenters. The fraction of sp³-hybridized carbons (Fsp3) is 0.857. The molecule has 0 aliphatic carbocycles. The zero-order valence-electron chi connectivity index (χ0n) is 7.67. The summed E-state index contributed by atoms with van der Waals surface area (Å²) < 4.78 is 1.22. The molecular weight excluding hydrogens is 194 g/mol. The second-order valence-corrected chi connectivity index (χ2v) is 7.03. The summed E-state index contributed by atoms with van der Waals surface area (Å²) in [4.78, 5) is 1.96. The van der Waals surface area contributed by atoms with E-state index >= 15 is 0 Å². The van der Waals surface area contributed by atoms with Gasteiger partial charge in [-0.15, -0.1) is 0 Å². The molecule has 0 N–H and O–H groups in total. The van der Waals surface area contributed by atoms with E-state index in [2.05, 4.69) is 20.8 Å². The minimum Gasteiger partial charge on any atom is -0.363 e. The van der Waals surface area contributed by atoms with Crippen molar-refractivity contribution in [3.8, 4) is 0 Å². The average molecular weight is 209 g/mol. The van der Waals surface area contributed by atoms with Gasteiger partial charge in [-0.05, 0) is 10.8 Å². The highest BCUT2D eigenvalue weighted by molar-refractivity contribution is 8.84. The summed E-state index contributed by atoms with van der Waals surface area (Å²) in [6.07, 6.45) is 0. The number of nitrogens with zero attached hydrogens (tertiary/aromatic N) is 1. The first kappa shape index (κ1) is 11.6. The molecule has 0 unspecified atom stereocenters. The van der Waals surface area contributed by atoms with Crippen LogP contribution in [0.3, 0.4) is 0 Å². The van der Waals surface area contributed by atoms with Gasteiger partial charge in [0, 0.05) is 18.8 Å². The minimum atomic E-state index is 0.282. The lowest BCUT2D eigenvalue weighted by atomic mass is 10.3. The number of rotatable bonds is 1. The van der Waals surface area contributed by atoms with Crippen molar-refractivity contribution in [2.45, 2.75) is 25.5 Å². The minimum absolute atomic E-state index is 0.282. The van der Waals surface area contributed by atoms with Crippen LogP contribution in [-0.4, -0.2) is 28.1 Å².